The molecule has 5 amide bonds. The second-order valence-corrected chi connectivity index (χ2v) is 13.7. The number of ether oxygens (including phenoxy) is 1. The molecule has 2 saturated carbocycles. The van der Waals surface area contributed by atoms with Crippen molar-refractivity contribution in [3.05, 3.63) is 0 Å². The monoisotopic (exact) mass is 577 g/mol. The van der Waals surface area contributed by atoms with Gasteiger partial charge in [-0.3, -0.25) is 19.2 Å². The minimum Gasteiger partial charge on any atom is -0.383 e. The molecule has 4 atom stereocenters. The van der Waals surface area contributed by atoms with Crippen LogP contribution in [-0.2, 0) is 23.9 Å². The molecule has 1 saturated heterocycles. The van der Waals surface area contributed by atoms with Gasteiger partial charge in [-0.2, -0.15) is 0 Å². The number of carbonyl (C=O) groups is 5. The molecule has 0 spiro atoms. The van der Waals surface area contributed by atoms with Crippen molar-refractivity contribution in [3.63, 3.8) is 0 Å². The van der Waals surface area contributed by atoms with Crippen LogP contribution in [0.1, 0.15) is 98.3 Å². The summed E-state index contributed by atoms with van der Waals surface area (Å²) >= 11 is 0. The van der Waals surface area contributed by atoms with Gasteiger partial charge in [0.1, 0.15) is 12.1 Å². The zero-order valence-corrected chi connectivity index (χ0v) is 25.6. The Bertz CT molecular complexity index is 969. The van der Waals surface area contributed by atoms with Crippen LogP contribution in [0.5, 0.6) is 0 Å². The summed E-state index contributed by atoms with van der Waals surface area (Å²) in [6.45, 7) is 8.77. The molecule has 3 fully saturated rings. The normalized spacial score (nSPS) is 23.0. The van der Waals surface area contributed by atoms with Gasteiger partial charge in [0.2, 0.25) is 17.6 Å². The molecule has 2 aliphatic carbocycles. The van der Waals surface area contributed by atoms with E-state index in [1.54, 1.807) is 12.0 Å². The van der Waals surface area contributed by atoms with Crippen molar-refractivity contribution in [2.75, 3.05) is 20.3 Å². The maximum atomic E-state index is 14.2. The van der Waals surface area contributed by atoms with Gasteiger partial charge in [-0.15, -0.1) is 0 Å². The minimum atomic E-state index is -1.07. The first-order valence-corrected chi connectivity index (χ1v) is 15.3. The third-order valence-corrected chi connectivity index (χ3v) is 9.41. The molecule has 3 rings (SSSR count). The van der Waals surface area contributed by atoms with Gasteiger partial charge in [-0.1, -0.05) is 66.2 Å². The maximum absolute atomic E-state index is 14.2. The van der Waals surface area contributed by atoms with Crippen LogP contribution in [0.25, 0.3) is 0 Å². The number of methoxy groups -OCH3 is 1. The minimum absolute atomic E-state index is 0.262. The highest BCUT2D eigenvalue weighted by Crippen LogP contribution is 2.40. The Hall–Kier alpha value is -2.69. The number of ketones is 1. The van der Waals surface area contributed by atoms with Crippen molar-refractivity contribution in [2.45, 2.75) is 122 Å². The molecule has 0 aromatic rings. The summed E-state index contributed by atoms with van der Waals surface area (Å²) < 4.78 is 5.32. The highest BCUT2D eigenvalue weighted by atomic mass is 16.5. The van der Waals surface area contributed by atoms with E-state index >= 15 is 0 Å². The van der Waals surface area contributed by atoms with Gasteiger partial charge in [0.05, 0.1) is 18.7 Å². The molecule has 0 aromatic heterocycles. The summed E-state index contributed by atoms with van der Waals surface area (Å²) in [6, 6.07) is -3.32. The second-order valence-electron chi connectivity index (χ2n) is 13.7. The maximum Gasteiger partial charge on any atom is 0.315 e. The van der Waals surface area contributed by atoms with E-state index in [1.807, 2.05) is 27.7 Å². The molecule has 41 heavy (non-hydrogen) atoms. The highest BCUT2D eigenvalue weighted by Gasteiger charge is 2.47. The first-order valence-electron chi connectivity index (χ1n) is 15.3. The number of amides is 5. The van der Waals surface area contributed by atoms with Crippen LogP contribution < -0.4 is 21.7 Å². The van der Waals surface area contributed by atoms with Gasteiger partial charge >= 0.3 is 6.03 Å². The third kappa shape index (κ3) is 8.42. The molecule has 1 aliphatic heterocycles. The van der Waals surface area contributed by atoms with Crippen molar-refractivity contribution in [3.8, 4) is 0 Å². The Morgan fingerprint density at radius 2 is 1.61 bits per heavy atom. The molecule has 11 heteroatoms. The van der Waals surface area contributed by atoms with Gasteiger partial charge in [0, 0.05) is 13.7 Å². The molecule has 3 aliphatic rings. The Balaban J connectivity index is 1.79. The van der Waals surface area contributed by atoms with E-state index in [-0.39, 0.29) is 23.3 Å². The van der Waals surface area contributed by atoms with E-state index in [4.69, 9.17) is 10.5 Å². The molecule has 0 bridgehead atoms. The summed E-state index contributed by atoms with van der Waals surface area (Å²) in [5.41, 5.74) is 4.55. The van der Waals surface area contributed by atoms with E-state index in [0.29, 0.717) is 32.4 Å². The number of nitrogens with two attached hydrogens (primary N) is 1. The molecule has 5 N–H and O–H groups in total. The summed E-state index contributed by atoms with van der Waals surface area (Å²) in [5, 5.41) is 8.74. The predicted octanol–water partition coefficient (Wildman–Crippen LogP) is 2.41. The first kappa shape index (κ1) is 32.8. The van der Waals surface area contributed by atoms with Gasteiger partial charge in [0.15, 0.2) is 0 Å². The molecule has 0 aromatic carbocycles. The fourth-order valence-corrected chi connectivity index (χ4v) is 6.39. The van der Waals surface area contributed by atoms with E-state index in [1.165, 1.54) is 0 Å². The first-order chi connectivity index (χ1) is 19.3. The summed E-state index contributed by atoms with van der Waals surface area (Å²) in [5.74, 6) is -2.37. The quantitative estimate of drug-likeness (QED) is 0.261. The Morgan fingerprint density at radius 1 is 0.951 bits per heavy atom. The fourth-order valence-electron chi connectivity index (χ4n) is 6.39. The Morgan fingerprint density at radius 3 is 2.15 bits per heavy atom. The molecule has 0 radical (unpaired) electrons. The number of hydrogen-bond acceptors (Lipinski definition) is 6. The number of likely N-dealkylation sites (tertiary alicyclic amines) is 1. The number of rotatable bonds is 12. The van der Waals surface area contributed by atoms with Crippen LogP contribution in [0.15, 0.2) is 0 Å². The largest absolute Gasteiger partial charge is 0.383 e. The number of primary amides is 1. The molecule has 1 unspecified atom stereocenters. The zero-order valence-electron chi connectivity index (χ0n) is 25.6. The summed E-state index contributed by atoms with van der Waals surface area (Å²) in [7, 11) is 1.58. The smallest absolute Gasteiger partial charge is 0.315 e. The Kier molecular flexibility index (Phi) is 11.2. The van der Waals surface area contributed by atoms with Crippen LogP contribution in [0.2, 0.25) is 0 Å². The zero-order chi connectivity index (χ0) is 30.4. The van der Waals surface area contributed by atoms with Crippen molar-refractivity contribution < 1.29 is 28.7 Å². The number of hydrogen-bond donors (Lipinski definition) is 4. The number of carbonyl (C=O) groups excluding carboxylic acids is 5. The lowest BCUT2D eigenvalue weighted by molar-refractivity contribution is -0.144. The van der Waals surface area contributed by atoms with E-state index in [0.717, 1.165) is 51.4 Å². The summed E-state index contributed by atoms with van der Waals surface area (Å²) in [4.78, 5) is 66.8. The topological polar surface area (TPSA) is 160 Å². The van der Waals surface area contributed by atoms with Crippen LogP contribution in [0.4, 0.5) is 4.79 Å². The third-order valence-electron chi connectivity index (χ3n) is 9.41. The predicted molar refractivity (Wildman–Crippen MR) is 155 cm³/mol. The molecule has 11 nitrogen and oxygen atoms in total. The second kappa shape index (κ2) is 14.0. The van der Waals surface area contributed by atoms with Crippen LogP contribution in [0.3, 0.4) is 0 Å². The fraction of sp³-hybridized carbons (Fsp3) is 0.833. The van der Waals surface area contributed by atoms with E-state index in [9.17, 15) is 24.0 Å². The van der Waals surface area contributed by atoms with Crippen molar-refractivity contribution in [1.82, 2.24) is 20.9 Å². The van der Waals surface area contributed by atoms with E-state index < -0.39 is 47.2 Å². The van der Waals surface area contributed by atoms with E-state index in [2.05, 4.69) is 16.0 Å². The van der Waals surface area contributed by atoms with Crippen LogP contribution in [0, 0.1) is 16.7 Å². The highest BCUT2D eigenvalue weighted by molar-refractivity contribution is 6.37. The summed E-state index contributed by atoms with van der Waals surface area (Å²) in [6.07, 6.45) is 8.94. The van der Waals surface area contributed by atoms with Crippen molar-refractivity contribution in [1.29, 1.82) is 0 Å². The lowest BCUT2D eigenvalue weighted by Crippen LogP contribution is -2.62. The molecule has 1 heterocycles. The van der Waals surface area contributed by atoms with Crippen LogP contribution >= 0.6 is 0 Å². The van der Waals surface area contributed by atoms with Gasteiger partial charge < -0.3 is 31.3 Å². The van der Waals surface area contributed by atoms with Gasteiger partial charge in [0.25, 0.3) is 5.91 Å². The Labute approximate surface area is 244 Å². The standard InChI is InChI=1S/C30H51N5O6/c1-29(2,3)22(18-41-5)33-28(40)34-24(30(4)14-7-6-8-15-30)27(39)35-16-10-13-21(35)26(38)32-20(23(36)25(31)37)17-19-11-9-12-19/h19-22,24H,6-18H2,1-5H3,(H2,31,37)(H,32,38)(H2,33,34,40)/t20?,21-,22+,24+/m0/s1. The number of urea groups is 1. The average Bonchev–Trinajstić information content (AvgIpc) is 3.37. The number of nitrogens with one attached hydrogen (secondary N) is 3. The van der Waals surface area contributed by atoms with Crippen LogP contribution in [-0.4, -0.2) is 78.9 Å². The molecule has 232 valence electrons. The van der Waals surface area contributed by atoms with Gasteiger partial charge in [-0.25, -0.2) is 4.79 Å². The number of Topliss-reactive ketones (excluding diaryl/α,β-unsaturated/α-hetero) is 1. The molecular weight excluding hydrogens is 526 g/mol. The lowest BCUT2D eigenvalue weighted by atomic mass is 9.70. The lowest BCUT2D eigenvalue weighted by Gasteiger charge is -2.42. The van der Waals surface area contributed by atoms with Gasteiger partial charge in [-0.05, 0) is 48.9 Å². The SMILES string of the molecule is COC[C@@H](NC(=O)N[C@H](C(=O)N1CCC[C@H]1C(=O)NC(CC1CCC1)C(=O)C(N)=O)C1(C)CCCCC1)C(C)(C)C. The number of nitrogens with zero attached hydrogens (tertiary/aromatic N) is 1. The van der Waals surface area contributed by atoms with Crippen molar-refractivity contribution >= 4 is 29.5 Å². The van der Waals surface area contributed by atoms with Crippen molar-refractivity contribution in [2.24, 2.45) is 22.5 Å². The molecular formula is C30H51N5O6. The average molecular weight is 578 g/mol.